The van der Waals surface area contributed by atoms with Crippen LogP contribution in [0.3, 0.4) is 0 Å². The number of rotatable bonds is 5. The van der Waals surface area contributed by atoms with E-state index >= 15 is 4.39 Å². The van der Waals surface area contributed by atoms with Gasteiger partial charge in [0, 0.05) is 22.6 Å². The maximum atomic E-state index is 15.0. The van der Waals surface area contributed by atoms with Gasteiger partial charge in [0.05, 0.1) is 53.7 Å². The van der Waals surface area contributed by atoms with Crippen molar-refractivity contribution in [1.82, 2.24) is 14.9 Å². The van der Waals surface area contributed by atoms with Gasteiger partial charge in [-0.2, -0.15) is 0 Å². The van der Waals surface area contributed by atoms with Crippen molar-refractivity contribution in [1.29, 1.82) is 0 Å². The molecule has 0 saturated heterocycles. The number of ether oxygens (including phenoxy) is 1. The largest absolute Gasteiger partial charge is 0.458 e. The Hall–Kier alpha value is -3.67. The maximum Gasteiger partial charge on any atom is 0.343 e. The molecular formula is C29H30FN3O7. The second kappa shape index (κ2) is 8.92. The minimum Gasteiger partial charge on any atom is -0.458 e. The molecule has 4 heterocycles. The number of carbonyl (C=O) groups excluding carboxylic acids is 2. The summed E-state index contributed by atoms with van der Waals surface area (Å²) in [6, 6.07) is 2.37. The van der Waals surface area contributed by atoms with Gasteiger partial charge in [0.15, 0.2) is 5.60 Å². The zero-order chi connectivity index (χ0) is 28.7. The number of amides is 1. The minimum atomic E-state index is -1.98. The molecule has 11 heteroatoms. The van der Waals surface area contributed by atoms with Gasteiger partial charge in [0.2, 0.25) is 5.91 Å². The van der Waals surface area contributed by atoms with Crippen LogP contribution in [0, 0.1) is 18.2 Å². The third kappa shape index (κ3) is 3.44. The molecule has 1 aromatic carbocycles. The Labute approximate surface area is 228 Å². The van der Waals surface area contributed by atoms with E-state index in [4.69, 9.17) is 9.72 Å². The fourth-order valence-electron chi connectivity index (χ4n) is 6.23. The Bertz CT molecular complexity index is 1690. The van der Waals surface area contributed by atoms with Gasteiger partial charge in [-0.05, 0) is 55.9 Å². The van der Waals surface area contributed by atoms with Crippen LogP contribution in [0.1, 0.15) is 66.1 Å². The molecule has 10 nitrogen and oxygen atoms in total. The number of hydrogen-bond acceptors (Lipinski definition) is 8. The molecule has 0 fully saturated rings. The summed E-state index contributed by atoms with van der Waals surface area (Å²) in [7, 11) is 0. The predicted octanol–water partition coefficient (Wildman–Crippen LogP) is 1.62. The summed E-state index contributed by atoms with van der Waals surface area (Å²) in [5.74, 6) is -1.77. The molecule has 4 N–H and O–H groups in total. The van der Waals surface area contributed by atoms with Crippen LogP contribution in [-0.4, -0.2) is 50.0 Å². The van der Waals surface area contributed by atoms with Gasteiger partial charge in [0.25, 0.3) is 5.56 Å². The van der Waals surface area contributed by atoms with Crippen molar-refractivity contribution in [3.8, 4) is 11.4 Å². The van der Waals surface area contributed by atoms with Crippen LogP contribution in [0.5, 0.6) is 0 Å². The lowest BCUT2D eigenvalue weighted by Gasteiger charge is -2.32. The highest BCUT2D eigenvalue weighted by Crippen LogP contribution is 2.46. The highest BCUT2D eigenvalue weighted by atomic mass is 19.1. The highest BCUT2D eigenvalue weighted by Gasteiger charge is 2.46. The number of esters is 1. The molecule has 210 valence electrons. The summed E-state index contributed by atoms with van der Waals surface area (Å²) in [4.78, 5) is 44.2. The van der Waals surface area contributed by atoms with Gasteiger partial charge in [0.1, 0.15) is 12.4 Å². The van der Waals surface area contributed by atoms with Crippen LogP contribution in [0.4, 0.5) is 4.39 Å². The first-order chi connectivity index (χ1) is 19.0. The van der Waals surface area contributed by atoms with Crippen molar-refractivity contribution in [2.24, 2.45) is 5.41 Å². The smallest absolute Gasteiger partial charge is 0.343 e. The number of aryl methyl sites for hydroxylation is 1. The molecule has 2 unspecified atom stereocenters. The van der Waals surface area contributed by atoms with E-state index in [1.165, 1.54) is 17.6 Å². The number of aliphatic hydroxyl groups excluding tert-OH is 2. The first-order valence-corrected chi connectivity index (χ1v) is 13.3. The van der Waals surface area contributed by atoms with Gasteiger partial charge >= 0.3 is 5.97 Å². The molecular weight excluding hydrogens is 521 g/mol. The maximum absolute atomic E-state index is 15.0. The molecule has 2 aliphatic heterocycles. The minimum absolute atomic E-state index is 0.00141. The van der Waals surface area contributed by atoms with Crippen LogP contribution >= 0.6 is 0 Å². The molecule has 6 rings (SSSR count). The molecule has 0 radical (unpaired) electrons. The number of nitrogens with zero attached hydrogens (tertiary/aromatic N) is 2. The Morgan fingerprint density at radius 1 is 1.25 bits per heavy atom. The van der Waals surface area contributed by atoms with Crippen LogP contribution in [0.25, 0.3) is 22.3 Å². The average molecular weight is 552 g/mol. The Morgan fingerprint density at radius 3 is 2.65 bits per heavy atom. The monoisotopic (exact) mass is 551 g/mol. The van der Waals surface area contributed by atoms with E-state index in [0.29, 0.717) is 51.8 Å². The Balaban J connectivity index is 1.61. The second-order valence-corrected chi connectivity index (χ2v) is 11.3. The molecule has 3 aromatic rings. The van der Waals surface area contributed by atoms with Crippen molar-refractivity contribution in [2.45, 2.75) is 64.8 Å². The first-order valence-electron chi connectivity index (χ1n) is 13.3. The number of nitrogens with one attached hydrogen (secondary N) is 1. The number of fused-ring (bicyclic) bond motifs is 5. The van der Waals surface area contributed by atoms with Crippen molar-refractivity contribution in [3.05, 3.63) is 61.7 Å². The van der Waals surface area contributed by atoms with Gasteiger partial charge in [-0.1, -0.05) is 6.92 Å². The molecule has 2 atom stereocenters. The number of halogens is 1. The number of cyclic esters (lactones) is 1. The van der Waals surface area contributed by atoms with Gasteiger partial charge in [-0.15, -0.1) is 0 Å². The van der Waals surface area contributed by atoms with E-state index in [1.807, 2.05) is 0 Å². The zero-order valence-electron chi connectivity index (χ0n) is 22.4. The van der Waals surface area contributed by atoms with Gasteiger partial charge in [-0.25, -0.2) is 14.2 Å². The van der Waals surface area contributed by atoms with E-state index in [1.54, 1.807) is 19.9 Å². The van der Waals surface area contributed by atoms with Crippen molar-refractivity contribution >= 4 is 22.8 Å². The van der Waals surface area contributed by atoms with E-state index in [-0.39, 0.29) is 30.7 Å². The van der Waals surface area contributed by atoms with E-state index < -0.39 is 53.5 Å². The quantitative estimate of drug-likeness (QED) is 0.273. The van der Waals surface area contributed by atoms with Crippen LogP contribution in [0.2, 0.25) is 0 Å². The number of hydrogen-bond donors (Lipinski definition) is 4. The van der Waals surface area contributed by atoms with E-state index in [2.05, 4.69) is 5.32 Å². The first kappa shape index (κ1) is 26.5. The number of pyridine rings is 2. The molecule has 0 spiro atoms. The predicted molar refractivity (Wildman–Crippen MR) is 141 cm³/mol. The van der Waals surface area contributed by atoms with Crippen LogP contribution in [-0.2, 0) is 39.5 Å². The summed E-state index contributed by atoms with van der Waals surface area (Å²) < 4.78 is 21.7. The van der Waals surface area contributed by atoms with Crippen LogP contribution in [0.15, 0.2) is 16.9 Å². The zero-order valence-corrected chi connectivity index (χ0v) is 22.4. The molecule has 0 saturated carbocycles. The number of carbonyl (C=O) groups is 2. The summed E-state index contributed by atoms with van der Waals surface area (Å²) in [6.07, 6.45) is 0.903. The fourth-order valence-corrected chi connectivity index (χ4v) is 6.23. The normalized spacial score (nSPS) is 21.1. The average Bonchev–Trinajstić information content (AvgIpc) is 3.32. The van der Waals surface area contributed by atoms with E-state index in [9.17, 15) is 29.7 Å². The molecule has 0 bridgehead atoms. The number of aromatic nitrogens is 2. The molecule has 3 aliphatic rings. The third-order valence-corrected chi connectivity index (χ3v) is 8.93. The summed E-state index contributed by atoms with van der Waals surface area (Å²) >= 11 is 0. The summed E-state index contributed by atoms with van der Waals surface area (Å²) in [6.45, 7) is 3.53. The van der Waals surface area contributed by atoms with Crippen LogP contribution < -0.4 is 10.9 Å². The van der Waals surface area contributed by atoms with Crippen molar-refractivity contribution in [2.75, 3.05) is 13.2 Å². The van der Waals surface area contributed by atoms with Crippen molar-refractivity contribution in [3.63, 3.8) is 0 Å². The molecule has 1 aliphatic carbocycles. The molecule has 2 aromatic heterocycles. The highest BCUT2D eigenvalue weighted by molar-refractivity contribution is 5.94. The standard InChI is InChI=1S/C29H30FN3O7/c1-4-29(39)17-7-21-24-15(9-33(21)25(36)16(17)10-40-27(29)38)23-19(32-26(37)28(3,11-34)12-35)6-5-14-13(2)18(30)8-20(31-24)22(14)23/h7-8,19,34-35,39H,4-6,9-12H2,1-3H3,(H,32,37). The van der Waals surface area contributed by atoms with E-state index in [0.717, 1.165) is 5.56 Å². The molecule has 40 heavy (non-hydrogen) atoms. The van der Waals surface area contributed by atoms with Gasteiger partial charge < -0.3 is 29.9 Å². The Kier molecular flexibility index (Phi) is 5.92. The Morgan fingerprint density at radius 2 is 1.98 bits per heavy atom. The fraction of sp³-hybridized carbons (Fsp3) is 0.448. The number of aliphatic hydroxyl groups is 3. The summed E-state index contributed by atoms with van der Waals surface area (Å²) in [5.41, 5.74) is 0.334. The lowest BCUT2D eigenvalue weighted by molar-refractivity contribution is -0.172. The van der Waals surface area contributed by atoms with Crippen molar-refractivity contribution < 1.29 is 34.0 Å². The second-order valence-electron chi connectivity index (χ2n) is 11.3. The number of benzene rings is 1. The van der Waals surface area contributed by atoms with Gasteiger partial charge in [-0.3, -0.25) is 9.59 Å². The molecule has 1 amide bonds. The third-order valence-electron chi connectivity index (χ3n) is 8.93. The lowest BCUT2D eigenvalue weighted by atomic mass is 9.81. The SMILES string of the molecule is CCC1(O)C(=O)OCc2c1cc1n(c2=O)Cc2c-1nc1cc(F)c(C)c3c1c2C(NC(=O)C(C)(CO)CO)CC3. The topological polar surface area (TPSA) is 151 Å². The summed E-state index contributed by atoms with van der Waals surface area (Å²) in [5, 5.41) is 34.4. The lowest BCUT2D eigenvalue weighted by Crippen LogP contribution is -2.46.